The summed E-state index contributed by atoms with van der Waals surface area (Å²) < 4.78 is 4.81. The van der Waals surface area contributed by atoms with Crippen LogP contribution in [0.2, 0.25) is 0 Å². The molecule has 0 fully saturated rings. The van der Waals surface area contributed by atoms with Crippen molar-refractivity contribution >= 4 is 243 Å². The Morgan fingerprint density at radius 2 is 0.625 bits per heavy atom. The molecule has 4 heterocycles. The molecule has 15 aromatic rings. The number of aromatic nitrogens is 2. The number of anilines is 6. The molecule has 0 aliphatic rings. The third-order valence-corrected chi connectivity index (χ3v) is 18.4. The van der Waals surface area contributed by atoms with Crippen molar-refractivity contribution in [3.63, 3.8) is 0 Å². The molecule has 4 nitrogen and oxygen atoms in total. The van der Waals surface area contributed by atoms with Crippen LogP contribution in [0.5, 0.6) is 0 Å². The Bertz CT molecular complexity index is 5060. The summed E-state index contributed by atoms with van der Waals surface area (Å²) in [6.45, 7) is 13.3. The van der Waals surface area contributed by atoms with Crippen LogP contribution < -0.4 is 64.4 Å². The molecule has 88 heavy (non-hydrogen) atoms. The molecule has 0 aliphatic carbocycles. The van der Waals surface area contributed by atoms with E-state index in [0.717, 1.165) is 121 Å². The van der Waals surface area contributed by atoms with Crippen molar-refractivity contribution in [3.8, 4) is 22.3 Å². The van der Waals surface area contributed by atoms with E-state index < -0.39 is 0 Å². The van der Waals surface area contributed by atoms with Crippen molar-refractivity contribution in [1.82, 2.24) is 8.80 Å². The minimum atomic E-state index is -0.111. The zero-order chi connectivity index (χ0) is 61.3. The van der Waals surface area contributed by atoms with Crippen molar-refractivity contribution in [2.24, 2.45) is 0 Å². The van der Waals surface area contributed by atoms with Gasteiger partial charge in [0.1, 0.15) is 78.5 Å². The predicted octanol–water partition coefficient (Wildman–Crippen LogP) is 8.79. The largest absolute Gasteiger partial charge is 0.310 e. The first-order valence-corrected chi connectivity index (χ1v) is 29.5. The third-order valence-electron chi connectivity index (χ3n) is 18.4. The van der Waals surface area contributed by atoms with Gasteiger partial charge in [-0.3, -0.25) is 0 Å². The minimum Gasteiger partial charge on any atom is -0.310 e. The third kappa shape index (κ3) is 7.98. The SMILES string of the molecule is [B]c1c([B])c([B])c(N(c2ccccc2-c2cccc(C(C)(C)C)c2)c2ccc3c4cc5c(cc4n4c6ccccc6c2c34)c2ccc(N(c3ccccc3-c3cccc(C(C)(C)C)c3)c3c([B])c([B])c([B])c([B])c3[B])c3c4ccccc4n5c23)c([B])c1[B]. The van der Waals surface area contributed by atoms with E-state index in [2.05, 4.69) is 230 Å². The first-order chi connectivity index (χ1) is 42.1. The van der Waals surface area contributed by atoms with Crippen LogP contribution in [0.4, 0.5) is 34.1 Å². The summed E-state index contributed by atoms with van der Waals surface area (Å²) in [5.41, 5.74) is 18.3. The number of fused-ring (bicyclic) bond motifs is 12. The Labute approximate surface area is 526 Å². The van der Waals surface area contributed by atoms with Crippen molar-refractivity contribution in [1.29, 1.82) is 0 Å². The van der Waals surface area contributed by atoms with E-state index in [4.69, 9.17) is 78.5 Å². The smallest absolute Gasteiger partial charge is 0.115 e. The lowest BCUT2D eigenvalue weighted by Gasteiger charge is -2.34. The summed E-state index contributed by atoms with van der Waals surface area (Å²) in [5, 5.41) is 8.30. The fourth-order valence-electron chi connectivity index (χ4n) is 13.9. The highest BCUT2D eigenvalue weighted by atomic mass is 15.2. The summed E-state index contributed by atoms with van der Waals surface area (Å²) in [6.07, 6.45) is 0. The number of hydrogen-bond donors (Lipinski definition) is 0. The van der Waals surface area contributed by atoms with Gasteiger partial charge in [0.15, 0.2) is 0 Å². The van der Waals surface area contributed by atoms with E-state index in [1.165, 1.54) is 11.1 Å². The van der Waals surface area contributed by atoms with Gasteiger partial charge in [0.05, 0.1) is 55.8 Å². The number of benzene rings is 11. The highest BCUT2D eigenvalue weighted by Crippen LogP contribution is 2.52. The second-order valence-corrected chi connectivity index (χ2v) is 25.5. The van der Waals surface area contributed by atoms with Gasteiger partial charge in [-0.2, -0.15) is 0 Å². The maximum Gasteiger partial charge on any atom is 0.115 e. The molecule has 11 aromatic carbocycles. The molecule has 0 atom stereocenters. The van der Waals surface area contributed by atoms with E-state index in [1.807, 2.05) is 12.1 Å². The van der Waals surface area contributed by atoms with Crippen LogP contribution in [0.25, 0.3) is 98.4 Å². The Balaban J connectivity index is 1.02. The summed E-state index contributed by atoms with van der Waals surface area (Å²) in [4.78, 5) is 4.26. The van der Waals surface area contributed by atoms with Gasteiger partial charge in [-0.15, -0.1) is 32.8 Å². The molecule has 0 spiro atoms. The number of para-hydroxylation sites is 4. The molecule has 0 unspecified atom stereocenters. The van der Waals surface area contributed by atoms with Crippen molar-refractivity contribution in [2.75, 3.05) is 9.80 Å². The molecule has 0 aliphatic heterocycles. The molecule has 0 bridgehead atoms. The molecule has 0 saturated carbocycles. The predicted molar refractivity (Wildman–Crippen MR) is 387 cm³/mol. The van der Waals surface area contributed by atoms with Gasteiger partial charge < -0.3 is 18.6 Å². The number of nitrogens with zero attached hydrogens (tertiary/aromatic N) is 4. The lowest BCUT2D eigenvalue weighted by atomic mass is 9.61. The van der Waals surface area contributed by atoms with Crippen LogP contribution in [0.15, 0.2) is 182 Å². The number of hydrogen-bond acceptors (Lipinski definition) is 2. The molecule has 0 saturated heterocycles. The van der Waals surface area contributed by atoms with Crippen LogP contribution in [0.3, 0.4) is 0 Å². The summed E-state index contributed by atoms with van der Waals surface area (Å²) in [6, 6.07) is 64.5. The fourth-order valence-corrected chi connectivity index (χ4v) is 13.9. The molecule has 20 radical (unpaired) electrons. The summed E-state index contributed by atoms with van der Waals surface area (Å²) in [5.74, 6) is 0. The molecular weight excluding hydrogens is 1050 g/mol. The van der Waals surface area contributed by atoms with E-state index in [0.29, 0.717) is 11.4 Å². The molecule has 14 heteroatoms. The highest BCUT2D eigenvalue weighted by Gasteiger charge is 2.32. The van der Waals surface area contributed by atoms with Crippen molar-refractivity contribution in [2.45, 2.75) is 52.4 Å². The van der Waals surface area contributed by atoms with Crippen molar-refractivity contribution in [3.05, 3.63) is 193 Å². The molecule has 0 amide bonds. The van der Waals surface area contributed by atoms with Gasteiger partial charge in [-0.1, -0.05) is 197 Å². The first kappa shape index (κ1) is 55.8. The lowest BCUT2D eigenvalue weighted by Crippen LogP contribution is -2.56. The quantitative estimate of drug-likeness (QED) is 0.142. The van der Waals surface area contributed by atoms with Crippen LogP contribution in [-0.4, -0.2) is 87.3 Å². The van der Waals surface area contributed by atoms with Crippen molar-refractivity contribution < 1.29 is 0 Å². The Kier molecular flexibility index (Phi) is 12.6. The van der Waals surface area contributed by atoms with E-state index >= 15 is 0 Å². The van der Waals surface area contributed by atoms with Crippen LogP contribution in [0.1, 0.15) is 52.7 Å². The molecule has 394 valence electrons. The average Bonchev–Trinajstić information content (AvgIpc) is 1.54. The van der Waals surface area contributed by atoms with Crippen LogP contribution >= 0.6 is 0 Å². The van der Waals surface area contributed by atoms with Gasteiger partial charge in [0.2, 0.25) is 0 Å². The van der Waals surface area contributed by atoms with E-state index in [-0.39, 0.29) is 65.5 Å². The summed E-state index contributed by atoms with van der Waals surface area (Å²) >= 11 is 0. The van der Waals surface area contributed by atoms with Crippen LogP contribution in [0, 0.1) is 0 Å². The molecule has 15 rings (SSSR count). The zero-order valence-electron chi connectivity index (χ0n) is 49.9. The second-order valence-electron chi connectivity index (χ2n) is 25.5. The van der Waals surface area contributed by atoms with Gasteiger partial charge >= 0.3 is 0 Å². The van der Waals surface area contributed by atoms with E-state index in [1.54, 1.807) is 0 Å². The Morgan fingerprint density at radius 1 is 0.284 bits per heavy atom. The Morgan fingerprint density at radius 3 is 1.00 bits per heavy atom. The first-order valence-electron chi connectivity index (χ1n) is 29.5. The van der Waals surface area contributed by atoms with E-state index in [9.17, 15) is 0 Å². The lowest BCUT2D eigenvalue weighted by molar-refractivity contribution is 0.590. The summed E-state index contributed by atoms with van der Waals surface area (Å²) in [7, 11) is 69.0. The monoisotopic (exact) mass is 1100 g/mol. The average molecular weight is 1100 g/mol. The zero-order valence-corrected chi connectivity index (χ0v) is 49.9. The highest BCUT2D eigenvalue weighted by molar-refractivity contribution is 6.70. The standard InChI is InChI=1S/C74H48B10N4/c1-73(2,3)39-19-15-17-37(33-39)41-21-7-11-25-49(41)85(71-65(81)61(77)59(75)62(78)66(71)82)53-31-29-43-47-35-56-48(36-55(47)87-51-27-13-9-23-45(51)57(53)69(43)87)44-30-32-54(58-46-24-10-14-28-52(46)88(56)70(44)58)86(72-67(83)63(79)60(76)64(80)68(72)84)50-26-12-8-22-42(50)38-18-16-20-40(34-38)74(4,5)6/h7-36H,1-6H3. The van der Waals surface area contributed by atoms with Gasteiger partial charge in [0, 0.05) is 65.6 Å². The van der Waals surface area contributed by atoms with Gasteiger partial charge in [0.25, 0.3) is 0 Å². The van der Waals surface area contributed by atoms with Gasteiger partial charge in [-0.05, 0) is 81.6 Å². The molecular formula is C74H48B10N4. The number of rotatable bonds is 8. The topological polar surface area (TPSA) is 15.3 Å². The molecule has 4 aromatic heterocycles. The second kappa shape index (κ2) is 19.9. The minimum absolute atomic E-state index is 0.111. The fraction of sp³-hybridized carbons (Fsp3) is 0.108. The maximum atomic E-state index is 7.17. The maximum absolute atomic E-state index is 7.17. The van der Waals surface area contributed by atoms with Crippen LogP contribution in [-0.2, 0) is 10.8 Å². The Hall–Kier alpha value is -8.73. The normalized spacial score (nSPS) is 12.4. The molecule has 0 N–H and O–H groups in total. The van der Waals surface area contributed by atoms with Gasteiger partial charge in [-0.25, -0.2) is 0 Å².